The summed E-state index contributed by atoms with van der Waals surface area (Å²) >= 11 is 13.3. The first-order chi connectivity index (χ1) is 9.04. The van der Waals surface area contributed by atoms with Crippen LogP contribution < -0.4 is 10.6 Å². The largest absolute Gasteiger partial charge is 0.378 e. The van der Waals surface area contributed by atoms with Crippen molar-refractivity contribution in [3.63, 3.8) is 0 Å². The first-order valence-corrected chi connectivity index (χ1v) is 7.03. The lowest BCUT2D eigenvalue weighted by Crippen LogP contribution is -2.06. The highest BCUT2D eigenvalue weighted by Gasteiger charge is 2.04. The van der Waals surface area contributed by atoms with Crippen molar-refractivity contribution in [2.45, 2.75) is 13.5 Å². The zero-order valence-corrected chi connectivity index (χ0v) is 12.4. The van der Waals surface area contributed by atoms with Gasteiger partial charge in [0.2, 0.25) is 5.91 Å². The number of benzene rings is 1. The highest BCUT2D eigenvalue weighted by atomic mass is 35.5. The number of carbonyl (C=O) groups excluding carboxylic acids is 1. The van der Waals surface area contributed by atoms with E-state index < -0.39 is 0 Å². The highest BCUT2D eigenvalue weighted by molar-refractivity contribution is 7.15. The van der Waals surface area contributed by atoms with Gasteiger partial charge in [0, 0.05) is 12.6 Å². The van der Waals surface area contributed by atoms with Gasteiger partial charge >= 0.3 is 0 Å². The number of amides is 1. The van der Waals surface area contributed by atoms with E-state index in [1.807, 2.05) is 6.07 Å². The summed E-state index contributed by atoms with van der Waals surface area (Å²) in [6.45, 7) is 2.02. The lowest BCUT2D eigenvalue weighted by atomic mass is 10.2. The standard InChI is InChI=1S/C12H11Cl2N3OS/c1-7(18)17-10-3-2-8(4-9(10)13)15-6-12-16-5-11(14)19-12/h2-5,15H,6H2,1H3,(H,17,18). The van der Waals surface area contributed by atoms with Crippen LogP contribution in [0.15, 0.2) is 24.4 Å². The van der Waals surface area contributed by atoms with Gasteiger partial charge in [0.15, 0.2) is 0 Å². The summed E-state index contributed by atoms with van der Waals surface area (Å²) in [7, 11) is 0. The highest BCUT2D eigenvalue weighted by Crippen LogP contribution is 2.26. The first-order valence-electron chi connectivity index (χ1n) is 5.46. The maximum Gasteiger partial charge on any atom is 0.221 e. The molecule has 1 amide bonds. The molecule has 0 saturated heterocycles. The summed E-state index contributed by atoms with van der Waals surface area (Å²) in [4.78, 5) is 15.1. The van der Waals surface area contributed by atoms with Crippen molar-refractivity contribution < 1.29 is 4.79 Å². The van der Waals surface area contributed by atoms with Crippen LogP contribution in [0.3, 0.4) is 0 Å². The van der Waals surface area contributed by atoms with Crippen molar-refractivity contribution in [3.05, 3.63) is 38.8 Å². The number of nitrogens with one attached hydrogen (secondary N) is 2. The molecule has 2 N–H and O–H groups in total. The Morgan fingerprint density at radius 3 is 2.79 bits per heavy atom. The number of nitrogens with zero attached hydrogens (tertiary/aromatic N) is 1. The van der Waals surface area contributed by atoms with Gasteiger partial charge in [-0.25, -0.2) is 4.98 Å². The van der Waals surface area contributed by atoms with Gasteiger partial charge in [0.25, 0.3) is 0 Å². The average molecular weight is 316 g/mol. The topological polar surface area (TPSA) is 54.0 Å². The van der Waals surface area contributed by atoms with Gasteiger partial charge in [-0.2, -0.15) is 0 Å². The molecule has 19 heavy (non-hydrogen) atoms. The fourth-order valence-corrected chi connectivity index (χ4v) is 2.59. The molecule has 4 nitrogen and oxygen atoms in total. The molecule has 0 aliphatic rings. The SMILES string of the molecule is CC(=O)Nc1ccc(NCc2ncc(Cl)s2)cc1Cl. The van der Waals surface area contributed by atoms with Crippen LogP contribution >= 0.6 is 34.5 Å². The number of thiazole rings is 1. The molecule has 0 spiro atoms. The molecule has 0 aliphatic carbocycles. The number of hydrogen-bond donors (Lipinski definition) is 2. The number of rotatable bonds is 4. The molecule has 1 heterocycles. The molecule has 0 radical (unpaired) electrons. The lowest BCUT2D eigenvalue weighted by Gasteiger charge is -2.08. The third-order valence-corrected chi connectivity index (χ3v) is 3.68. The number of halogens is 2. The number of hydrogen-bond acceptors (Lipinski definition) is 4. The van der Waals surface area contributed by atoms with Crippen LogP contribution in [0.25, 0.3) is 0 Å². The smallest absolute Gasteiger partial charge is 0.221 e. The Balaban J connectivity index is 2.01. The van der Waals surface area contributed by atoms with Crippen LogP contribution in [0.4, 0.5) is 11.4 Å². The van der Waals surface area contributed by atoms with E-state index in [1.165, 1.54) is 18.3 Å². The van der Waals surface area contributed by atoms with E-state index in [4.69, 9.17) is 23.2 Å². The molecule has 0 bridgehead atoms. The summed E-state index contributed by atoms with van der Waals surface area (Å²) in [5.74, 6) is -0.153. The molecule has 1 aromatic heterocycles. The van der Waals surface area contributed by atoms with Gasteiger partial charge in [0.1, 0.15) is 9.34 Å². The van der Waals surface area contributed by atoms with E-state index in [2.05, 4.69) is 15.6 Å². The van der Waals surface area contributed by atoms with Crippen molar-refractivity contribution in [1.29, 1.82) is 0 Å². The molecular weight excluding hydrogens is 305 g/mol. The summed E-state index contributed by atoms with van der Waals surface area (Å²) in [5, 5.41) is 7.22. The van der Waals surface area contributed by atoms with Crippen LogP contribution in [0, 0.1) is 0 Å². The molecule has 1 aromatic carbocycles. The van der Waals surface area contributed by atoms with E-state index in [0.717, 1.165) is 10.7 Å². The van der Waals surface area contributed by atoms with Crippen molar-refractivity contribution in [3.8, 4) is 0 Å². The Labute approximate surface area is 124 Å². The zero-order chi connectivity index (χ0) is 13.8. The van der Waals surface area contributed by atoms with Gasteiger partial charge < -0.3 is 10.6 Å². The first kappa shape index (κ1) is 14.1. The molecule has 0 saturated carbocycles. The predicted octanol–water partition coefficient (Wildman–Crippen LogP) is 4.02. The van der Waals surface area contributed by atoms with Gasteiger partial charge in [-0.15, -0.1) is 11.3 Å². The second kappa shape index (κ2) is 6.23. The Hall–Kier alpha value is -1.30. The summed E-state index contributed by atoms with van der Waals surface area (Å²) in [5.41, 5.74) is 1.45. The van der Waals surface area contributed by atoms with E-state index in [1.54, 1.807) is 18.3 Å². The van der Waals surface area contributed by atoms with Crippen LogP contribution in [0.2, 0.25) is 9.36 Å². The minimum atomic E-state index is -0.153. The molecule has 100 valence electrons. The van der Waals surface area contributed by atoms with Crippen molar-refractivity contribution >= 4 is 51.8 Å². The fraction of sp³-hybridized carbons (Fsp3) is 0.167. The fourth-order valence-electron chi connectivity index (χ4n) is 1.46. The summed E-state index contributed by atoms with van der Waals surface area (Å²) in [6, 6.07) is 5.34. The summed E-state index contributed by atoms with van der Waals surface area (Å²) < 4.78 is 0.663. The Morgan fingerprint density at radius 1 is 1.42 bits per heavy atom. The van der Waals surface area contributed by atoms with Crippen molar-refractivity contribution in [2.24, 2.45) is 0 Å². The zero-order valence-electron chi connectivity index (χ0n) is 10.0. The van der Waals surface area contributed by atoms with E-state index in [-0.39, 0.29) is 5.91 Å². The molecule has 2 rings (SSSR count). The third-order valence-electron chi connectivity index (χ3n) is 2.25. The molecule has 7 heteroatoms. The normalized spacial score (nSPS) is 10.3. The second-order valence-electron chi connectivity index (χ2n) is 3.79. The molecule has 0 aliphatic heterocycles. The van der Waals surface area contributed by atoms with Crippen LogP contribution in [0.5, 0.6) is 0 Å². The number of anilines is 2. The minimum absolute atomic E-state index is 0.153. The summed E-state index contributed by atoms with van der Waals surface area (Å²) in [6.07, 6.45) is 1.62. The van der Waals surface area contributed by atoms with Crippen LogP contribution in [0.1, 0.15) is 11.9 Å². The minimum Gasteiger partial charge on any atom is -0.378 e. The maximum absolute atomic E-state index is 11.0. The van der Waals surface area contributed by atoms with Gasteiger partial charge in [-0.05, 0) is 18.2 Å². The molecule has 0 atom stereocenters. The van der Waals surface area contributed by atoms with Crippen molar-refractivity contribution in [2.75, 3.05) is 10.6 Å². The van der Waals surface area contributed by atoms with Gasteiger partial charge in [-0.3, -0.25) is 4.79 Å². The molecular formula is C12H11Cl2N3OS. The van der Waals surface area contributed by atoms with Crippen LogP contribution in [-0.2, 0) is 11.3 Å². The van der Waals surface area contributed by atoms with Crippen LogP contribution in [-0.4, -0.2) is 10.9 Å². The monoisotopic (exact) mass is 315 g/mol. The number of aromatic nitrogens is 1. The Bertz CT molecular complexity index is 600. The Kier molecular flexibility index (Phi) is 4.63. The average Bonchev–Trinajstić information content (AvgIpc) is 2.75. The lowest BCUT2D eigenvalue weighted by molar-refractivity contribution is -0.114. The van der Waals surface area contributed by atoms with Gasteiger partial charge in [0.05, 0.1) is 23.5 Å². The quantitative estimate of drug-likeness (QED) is 0.896. The predicted molar refractivity (Wildman–Crippen MR) is 80.2 cm³/mol. The molecule has 0 unspecified atom stereocenters. The van der Waals surface area contributed by atoms with E-state index in [9.17, 15) is 4.79 Å². The molecule has 0 fully saturated rings. The number of carbonyl (C=O) groups is 1. The second-order valence-corrected chi connectivity index (χ2v) is 5.94. The Morgan fingerprint density at radius 2 is 2.21 bits per heavy atom. The third kappa shape index (κ3) is 4.09. The van der Waals surface area contributed by atoms with E-state index >= 15 is 0 Å². The maximum atomic E-state index is 11.0. The van der Waals surface area contributed by atoms with Crippen molar-refractivity contribution in [1.82, 2.24) is 4.98 Å². The molecule has 2 aromatic rings. The van der Waals surface area contributed by atoms with E-state index in [0.29, 0.717) is 21.6 Å². The van der Waals surface area contributed by atoms with Gasteiger partial charge in [-0.1, -0.05) is 23.2 Å².